The second-order valence-corrected chi connectivity index (χ2v) is 12.8. The van der Waals surface area contributed by atoms with Crippen LogP contribution in [0.4, 0.5) is 17.1 Å². The lowest BCUT2D eigenvalue weighted by molar-refractivity contribution is 0.172. The molecule has 1 fully saturated rings. The van der Waals surface area contributed by atoms with Crippen LogP contribution in [0.5, 0.6) is 11.5 Å². The number of ether oxygens (including phenoxy) is 1. The van der Waals surface area contributed by atoms with E-state index in [1.807, 2.05) is 30.5 Å². The summed E-state index contributed by atoms with van der Waals surface area (Å²) in [4.78, 5) is 8.60. The normalized spacial score (nSPS) is 20.5. The Bertz CT molecular complexity index is 2160. The van der Waals surface area contributed by atoms with Gasteiger partial charge in [-0.3, -0.25) is 13.5 Å². The van der Waals surface area contributed by atoms with E-state index in [2.05, 4.69) is 128 Å². The van der Waals surface area contributed by atoms with Crippen molar-refractivity contribution in [2.45, 2.75) is 26.2 Å². The summed E-state index contributed by atoms with van der Waals surface area (Å²) in [5.41, 5.74) is 6.16. The number of quaternary nitrogens is 2. The summed E-state index contributed by atoms with van der Waals surface area (Å²) in [5, 5.41) is 2.30. The van der Waals surface area contributed by atoms with E-state index in [0.29, 0.717) is 26.2 Å². The quantitative estimate of drug-likeness (QED) is 0.152. The minimum atomic E-state index is 0.000366. The molecule has 6 heteroatoms. The average Bonchev–Trinajstić information content (AvgIpc) is 3.70. The van der Waals surface area contributed by atoms with Crippen molar-refractivity contribution in [2.24, 2.45) is 0 Å². The van der Waals surface area contributed by atoms with Gasteiger partial charge in [-0.1, -0.05) is 57.2 Å². The number of rotatable bonds is 5. The van der Waals surface area contributed by atoms with Crippen molar-refractivity contribution < 1.29 is 4.74 Å². The minimum absolute atomic E-state index is 0.000366. The molecule has 2 bridgehead atoms. The van der Waals surface area contributed by atoms with Crippen LogP contribution in [0.1, 0.15) is 26.3 Å². The zero-order valence-electron chi connectivity index (χ0n) is 25.0. The number of para-hydroxylation sites is 2. The predicted molar refractivity (Wildman–Crippen MR) is 178 cm³/mol. The molecule has 2 atom stereocenters. The molecule has 44 heavy (non-hydrogen) atoms. The van der Waals surface area contributed by atoms with E-state index in [-0.39, 0.29) is 5.41 Å². The molecular formula is C38H32N5O+. The Kier molecular flexibility index (Phi) is 5.64. The van der Waals surface area contributed by atoms with Crippen LogP contribution in [0.3, 0.4) is 0 Å². The lowest BCUT2D eigenvalue weighted by atomic mass is 9.88. The Morgan fingerprint density at radius 3 is 2.27 bits per heavy atom. The standard InChI is InChI=1S/C38H32N5O/c1-38(2,3)27-16-17-40-37(20-27)41-35-13-9-8-12-33(35)34-15-14-31(24-36(34)41)44-32-22-28(39-4)21-30(23-32)43-19-18-42(25-43,26-43)29-10-6-5-7-11-29/h5-25H,26H2,1-3H3/q+1/t42-,43+/m1/s1. The number of nitrogens with zero attached hydrogens (tertiary/aromatic N) is 5. The van der Waals surface area contributed by atoms with Gasteiger partial charge in [-0.2, -0.15) is 0 Å². The lowest BCUT2D eigenvalue weighted by Gasteiger charge is -2.56. The molecule has 0 aliphatic carbocycles. The molecule has 0 radical (unpaired) electrons. The van der Waals surface area contributed by atoms with Crippen molar-refractivity contribution in [2.75, 3.05) is 6.67 Å². The topological polar surface area (TPSA) is 31.4 Å². The van der Waals surface area contributed by atoms with Gasteiger partial charge >= 0.3 is 0 Å². The number of hydrogen-bond acceptors (Lipinski definition) is 2. The van der Waals surface area contributed by atoms with Crippen LogP contribution in [-0.2, 0) is 5.41 Å². The second-order valence-electron chi connectivity index (χ2n) is 12.8. The third-order valence-electron chi connectivity index (χ3n) is 8.92. The van der Waals surface area contributed by atoms with Crippen LogP contribution in [0.15, 0.2) is 122 Å². The van der Waals surface area contributed by atoms with Crippen molar-refractivity contribution >= 4 is 38.9 Å². The SMILES string of the molecule is [C-]#[N+]c1cc(Oc2ccc3c4ccccc4n(-c4cc(C(C)(C)C)ccn4)c3c2)cc([N@@+]23C=C[N@@+](c4ccccc4)([CH-]2)C3)c1. The Balaban J connectivity index is 1.18. The molecule has 0 saturated carbocycles. The zero-order valence-corrected chi connectivity index (χ0v) is 25.0. The smallest absolute Gasteiger partial charge is 0.196 e. The monoisotopic (exact) mass is 574 g/mol. The Labute approximate surface area is 257 Å². The number of hydrogen-bond donors (Lipinski definition) is 0. The van der Waals surface area contributed by atoms with Gasteiger partial charge in [-0.05, 0) is 59.5 Å². The summed E-state index contributed by atoms with van der Waals surface area (Å²) in [6.45, 7) is 17.6. The highest BCUT2D eigenvalue weighted by atomic mass is 16.5. The second kappa shape index (κ2) is 9.39. The molecule has 5 heterocycles. The lowest BCUT2D eigenvalue weighted by Crippen LogP contribution is -2.68. The van der Waals surface area contributed by atoms with Gasteiger partial charge in [0.2, 0.25) is 0 Å². The number of fused-ring (bicyclic) bond motifs is 3. The third kappa shape index (κ3) is 4.05. The molecule has 0 N–H and O–H groups in total. The summed E-state index contributed by atoms with van der Waals surface area (Å²) in [5.74, 6) is 2.23. The van der Waals surface area contributed by atoms with Gasteiger partial charge in [0.05, 0.1) is 24.3 Å². The van der Waals surface area contributed by atoms with E-state index in [1.165, 1.54) is 16.6 Å². The molecule has 6 nitrogen and oxygen atoms in total. The van der Waals surface area contributed by atoms with Gasteiger partial charge in [-0.15, -0.1) is 0 Å². The first-order valence-corrected chi connectivity index (χ1v) is 14.9. The van der Waals surface area contributed by atoms with E-state index in [9.17, 15) is 0 Å². The molecule has 214 valence electrons. The molecule has 3 aliphatic rings. The molecule has 1 saturated heterocycles. The van der Waals surface area contributed by atoms with Crippen LogP contribution in [0.2, 0.25) is 0 Å². The molecule has 9 rings (SSSR count). The number of pyridine rings is 1. The van der Waals surface area contributed by atoms with Crippen molar-refractivity contribution in [3.05, 3.63) is 145 Å². The summed E-state index contributed by atoms with van der Waals surface area (Å²) >= 11 is 0. The first-order chi connectivity index (χ1) is 21.3. The van der Waals surface area contributed by atoms with Gasteiger partial charge in [-0.25, -0.2) is 9.83 Å². The number of benzene rings is 4. The van der Waals surface area contributed by atoms with Crippen LogP contribution < -0.4 is 13.7 Å². The van der Waals surface area contributed by atoms with Gasteiger partial charge < -0.3 is 4.74 Å². The highest BCUT2D eigenvalue weighted by molar-refractivity contribution is 6.09. The van der Waals surface area contributed by atoms with E-state index in [1.54, 1.807) is 0 Å². The molecule has 2 aromatic heterocycles. The van der Waals surface area contributed by atoms with Gasteiger partial charge in [0.15, 0.2) is 12.4 Å². The molecule has 3 aliphatic heterocycles. The molecular weight excluding hydrogens is 542 g/mol. The van der Waals surface area contributed by atoms with Gasteiger partial charge in [0, 0.05) is 35.2 Å². The minimum Gasteiger partial charge on any atom is -0.458 e. The highest BCUT2D eigenvalue weighted by Crippen LogP contribution is 2.51. The predicted octanol–water partition coefficient (Wildman–Crippen LogP) is 9.71. The highest BCUT2D eigenvalue weighted by Gasteiger charge is 2.54. The first kappa shape index (κ1) is 26.4. The Morgan fingerprint density at radius 2 is 1.50 bits per heavy atom. The van der Waals surface area contributed by atoms with E-state index in [0.717, 1.165) is 34.6 Å². The molecule has 4 aromatic carbocycles. The largest absolute Gasteiger partial charge is 0.458 e. The molecule has 0 spiro atoms. The van der Waals surface area contributed by atoms with Crippen LogP contribution in [-0.4, -0.2) is 16.2 Å². The van der Waals surface area contributed by atoms with Crippen molar-refractivity contribution in [3.8, 4) is 17.3 Å². The fraction of sp³-hybridized carbons (Fsp3) is 0.132. The van der Waals surface area contributed by atoms with Gasteiger partial charge in [0.25, 0.3) is 0 Å². The van der Waals surface area contributed by atoms with E-state index in [4.69, 9.17) is 16.3 Å². The molecule has 0 unspecified atom stereocenters. The zero-order chi connectivity index (χ0) is 30.1. The maximum Gasteiger partial charge on any atom is 0.196 e. The van der Waals surface area contributed by atoms with Crippen molar-refractivity contribution in [1.82, 2.24) is 18.5 Å². The van der Waals surface area contributed by atoms with E-state index >= 15 is 0 Å². The summed E-state index contributed by atoms with van der Waals surface area (Å²) in [6, 6.07) is 35.3. The van der Waals surface area contributed by atoms with Crippen molar-refractivity contribution in [1.29, 1.82) is 0 Å². The van der Waals surface area contributed by atoms with Gasteiger partial charge in [0.1, 0.15) is 41.1 Å². The van der Waals surface area contributed by atoms with E-state index < -0.39 is 0 Å². The van der Waals surface area contributed by atoms with Crippen LogP contribution >= 0.6 is 0 Å². The fourth-order valence-electron chi connectivity index (χ4n) is 6.65. The molecule has 0 amide bonds. The summed E-state index contributed by atoms with van der Waals surface area (Å²) in [7, 11) is 0. The Morgan fingerprint density at radius 1 is 0.773 bits per heavy atom. The maximum atomic E-state index is 7.81. The van der Waals surface area contributed by atoms with Crippen molar-refractivity contribution in [3.63, 3.8) is 0 Å². The van der Waals surface area contributed by atoms with Crippen LogP contribution in [0, 0.1) is 13.2 Å². The van der Waals surface area contributed by atoms with Crippen LogP contribution in [0.25, 0.3) is 32.5 Å². The molecule has 6 aromatic rings. The number of aromatic nitrogens is 2. The first-order valence-electron chi connectivity index (χ1n) is 14.9. The summed E-state index contributed by atoms with van der Waals surface area (Å²) < 4.78 is 10.0. The third-order valence-corrected chi connectivity index (χ3v) is 8.92. The Hall–Kier alpha value is -5.22. The maximum absolute atomic E-state index is 7.81. The average molecular weight is 575 g/mol. The summed E-state index contributed by atoms with van der Waals surface area (Å²) in [6.07, 6.45) is 6.34. The fourth-order valence-corrected chi connectivity index (χ4v) is 6.65.